The maximum Gasteiger partial charge on any atom is 0.284 e. The van der Waals surface area contributed by atoms with E-state index in [0.29, 0.717) is 16.6 Å². The van der Waals surface area contributed by atoms with Crippen LogP contribution in [0.2, 0.25) is 0 Å². The molecule has 1 rings (SSSR count). The van der Waals surface area contributed by atoms with Crippen LogP contribution < -0.4 is 4.74 Å². The Kier molecular flexibility index (Phi) is 4.62. The molecule has 0 aliphatic rings. The van der Waals surface area contributed by atoms with Gasteiger partial charge in [0.2, 0.25) is 0 Å². The number of nitrogens with zero attached hydrogens (tertiary/aromatic N) is 2. The second-order valence-electron chi connectivity index (χ2n) is 2.96. The number of aromatic nitrogens is 1. The van der Waals surface area contributed by atoms with Crippen molar-refractivity contribution in [1.82, 2.24) is 4.98 Å². The fraction of sp³-hybridized carbons (Fsp3) is 0.400. The van der Waals surface area contributed by atoms with Crippen LogP contribution in [0.3, 0.4) is 0 Å². The van der Waals surface area contributed by atoms with Gasteiger partial charge in [0.1, 0.15) is 11.4 Å². The molecule has 0 aliphatic heterocycles. The largest absolute Gasteiger partial charge is 0.494 e. The molecule has 0 N–H and O–H groups in total. The molecule has 6 heteroatoms. The van der Waals surface area contributed by atoms with E-state index >= 15 is 0 Å². The lowest BCUT2D eigenvalue weighted by molar-refractivity contribution is 0.141. The molecule has 0 amide bonds. The summed E-state index contributed by atoms with van der Waals surface area (Å²) in [7, 11) is 1.32. The maximum atomic E-state index is 12.7. The molecule has 0 saturated heterocycles. The third kappa shape index (κ3) is 2.67. The Morgan fingerprint density at radius 3 is 2.75 bits per heavy atom. The number of nitriles is 1. The molecule has 1 aromatic rings. The average molecular weight is 291 g/mol. The number of rotatable bonds is 4. The summed E-state index contributed by atoms with van der Waals surface area (Å²) < 4.78 is 30.3. The lowest BCUT2D eigenvalue weighted by Crippen LogP contribution is -2.03. The number of ether oxygens (including phenoxy) is 1. The maximum absolute atomic E-state index is 12.7. The number of hydrogen-bond acceptors (Lipinski definition) is 3. The van der Waals surface area contributed by atoms with Gasteiger partial charge in [-0.25, -0.2) is 13.8 Å². The quantitative estimate of drug-likeness (QED) is 0.801. The zero-order valence-corrected chi connectivity index (χ0v) is 10.1. The molecule has 0 bridgehead atoms. The van der Waals surface area contributed by atoms with Crippen molar-refractivity contribution in [3.8, 4) is 11.8 Å². The first-order valence-electron chi connectivity index (χ1n) is 4.41. The highest BCUT2D eigenvalue weighted by Crippen LogP contribution is 2.32. The lowest BCUT2D eigenvalue weighted by atomic mass is 10.1. The minimum Gasteiger partial charge on any atom is -0.494 e. The summed E-state index contributed by atoms with van der Waals surface area (Å²) in [6.45, 7) is 0. The number of hydrogen-bond donors (Lipinski definition) is 0. The van der Waals surface area contributed by atoms with E-state index in [-0.39, 0.29) is 12.2 Å². The molecule has 0 aromatic carbocycles. The predicted octanol–water partition coefficient (Wildman–Crippen LogP) is 2.99. The van der Waals surface area contributed by atoms with Crippen LogP contribution in [0, 0.1) is 11.3 Å². The minimum atomic E-state index is -2.72. The Balaban J connectivity index is 3.32. The van der Waals surface area contributed by atoms with E-state index in [2.05, 4.69) is 20.9 Å². The van der Waals surface area contributed by atoms with Gasteiger partial charge in [-0.2, -0.15) is 5.26 Å². The SMILES string of the molecule is COc1c(CBr)cc(CC#N)nc1C(F)F. The summed E-state index contributed by atoms with van der Waals surface area (Å²) in [5.41, 5.74) is 0.482. The van der Waals surface area contributed by atoms with E-state index in [9.17, 15) is 8.78 Å². The molecule has 0 atom stereocenters. The van der Waals surface area contributed by atoms with Gasteiger partial charge < -0.3 is 4.74 Å². The lowest BCUT2D eigenvalue weighted by Gasteiger charge is -2.12. The van der Waals surface area contributed by atoms with E-state index in [1.54, 1.807) is 6.07 Å². The van der Waals surface area contributed by atoms with Gasteiger partial charge in [0, 0.05) is 10.9 Å². The molecule has 3 nitrogen and oxygen atoms in total. The summed E-state index contributed by atoms with van der Waals surface area (Å²) in [6, 6.07) is 3.46. The van der Waals surface area contributed by atoms with Crippen LogP contribution in [0.1, 0.15) is 23.4 Å². The monoisotopic (exact) mass is 290 g/mol. The van der Waals surface area contributed by atoms with Crippen molar-refractivity contribution >= 4 is 15.9 Å². The first-order valence-corrected chi connectivity index (χ1v) is 5.54. The van der Waals surface area contributed by atoms with Crippen molar-refractivity contribution in [3.63, 3.8) is 0 Å². The van der Waals surface area contributed by atoms with E-state index in [1.807, 2.05) is 6.07 Å². The molecule has 1 aromatic heterocycles. The van der Waals surface area contributed by atoms with E-state index in [4.69, 9.17) is 10.00 Å². The summed E-state index contributed by atoms with van der Waals surface area (Å²) in [5, 5.41) is 8.89. The average Bonchev–Trinajstić information content (AvgIpc) is 2.28. The second-order valence-corrected chi connectivity index (χ2v) is 3.52. The highest BCUT2D eigenvalue weighted by molar-refractivity contribution is 9.08. The van der Waals surface area contributed by atoms with Crippen LogP contribution in [0.4, 0.5) is 8.78 Å². The van der Waals surface area contributed by atoms with Crippen LogP contribution >= 0.6 is 15.9 Å². The van der Waals surface area contributed by atoms with Crippen molar-refractivity contribution in [2.24, 2.45) is 0 Å². The van der Waals surface area contributed by atoms with Gasteiger partial charge in [-0.05, 0) is 6.07 Å². The zero-order valence-electron chi connectivity index (χ0n) is 8.51. The summed E-state index contributed by atoms with van der Waals surface area (Å²) in [5.74, 6) is 0.0774. The molecule has 0 aliphatic carbocycles. The first kappa shape index (κ1) is 12.8. The van der Waals surface area contributed by atoms with Crippen LogP contribution in [0.15, 0.2) is 6.07 Å². The van der Waals surface area contributed by atoms with Gasteiger partial charge in [0.05, 0.1) is 25.3 Å². The van der Waals surface area contributed by atoms with E-state index in [0.717, 1.165) is 0 Å². The van der Waals surface area contributed by atoms with Crippen molar-refractivity contribution in [2.45, 2.75) is 18.2 Å². The fourth-order valence-corrected chi connectivity index (χ4v) is 1.74. The van der Waals surface area contributed by atoms with Gasteiger partial charge in [-0.15, -0.1) is 0 Å². The van der Waals surface area contributed by atoms with Crippen LogP contribution in [0.5, 0.6) is 5.75 Å². The number of pyridine rings is 1. The molecule has 0 fully saturated rings. The zero-order chi connectivity index (χ0) is 12.1. The Labute approximate surface area is 100 Å². The second kappa shape index (κ2) is 5.75. The fourth-order valence-electron chi connectivity index (χ4n) is 1.32. The van der Waals surface area contributed by atoms with Crippen LogP contribution in [-0.4, -0.2) is 12.1 Å². The normalized spacial score (nSPS) is 10.2. The van der Waals surface area contributed by atoms with Crippen molar-refractivity contribution < 1.29 is 13.5 Å². The van der Waals surface area contributed by atoms with Crippen LogP contribution in [0.25, 0.3) is 0 Å². The van der Waals surface area contributed by atoms with Crippen molar-refractivity contribution in [1.29, 1.82) is 5.26 Å². The molecule has 0 saturated carbocycles. The predicted molar refractivity (Wildman–Crippen MR) is 57.7 cm³/mol. The number of methoxy groups -OCH3 is 1. The summed E-state index contributed by atoms with van der Waals surface area (Å²) in [4.78, 5) is 3.72. The molecule has 0 unspecified atom stereocenters. The molecule has 1 heterocycles. The highest BCUT2D eigenvalue weighted by Gasteiger charge is 2.20. The molecular formula is C10H9BrF2N2O. The smallest absolute Gasteiger partial charge is 0.284 e. The molecular weight excluding hydrogens is 282 g/mol. The Morgan fingerprint density at radius 1 is 1.62 bits per heavy atom. The van der Waals surface area contributed by atoms with Crippen molar-refractivity contribution in [3.05, 3.63) is 23.0 Å². The minimum absolute atomic E-state index is 0.00368. The molecule has 16 heavy (non-hydrogen) atoms. The highest BCUT2D eigenvalue weighted by atomic mass is 79.9. The summed E-state index contributed by atoms with van der Waals surface area (Å²) in [6.07, 6.45) is -2.71. The third-order valence-corrected chi connectivity index (χ3v) is 2.55. The van der Waals surface area contributed by atoms with Gasteiger partial charge in [-0.1, -0.05) is 15.9 Å². The number of alkyl halides is 3. The topological polar surface area (TPSA) is 45.9 Å². The Hall–Kier alpha value is -1.22. The van der Waals surface area contributed by atoms with E-state index < -0.39 is 12.1 Å². The van der Waals surface area contributed by atoms with Gasteiger partial charge >= 0.3 is 0 Å². The van der Waals surface area contributed by atoms with Gasteiger partial charge in [0.15, 0.2) is 0 Å². The Bertz CT molecular complexity index is 418. The van der Waals surface area contributed by atoms with Crippen LogP contribution in [-0.2, 0) is 11.8 Å². The third-order valence-electron chi connectivity index (χ3n) is 1.94. The molecule has 86 valence electrons. The van der Waals surface area contributed by atoms with Crippen molar-refractivity contribution in [2.75, 3.05) is 7.11 Å². The van der Waals surface area contributed by atoms with Gasteiger partial charge in [-0.3, -0.25) is 0 Å². The molecule has 0 radical (unpaired) electrons. The standard InChI is InChI=1S/C10H9BrF2N2O/c1-16-9-6(5-11)4-7(2-3-14)15-8(9)10(12)13/h4,10H,2,5H2,1H3. The summed E-state index contributed by atoms with van der Waals surface area (Å²) >= 11 is 3.18. The van der Waals surface area contributed by atoms with E-state index in [1.165, 1.54) is 7.11 Å². The first-order chi connectivity index (χ1) is 7.63. The Morgan fingerprint density at radius 2 is 2.31 bits per heavy atom. The number of halogens is 3. The van der Waals surface area contributed by atoms with Gasteiger partial charge in [0.25, 0.3) is 6.43 Å². The molecule has 0 spiro atoms.